The number of hydrogen-bond acceptors (Lipinski definition) is 5. The van der Waals surface area contributed by atoms with Gasteiger partial charge in [-0.3, -0.25) is 4.79 Å². The molecule has 0 aliphatic carbocycles. The fourth-order valence-electron chi connectivity index (χ4n) is 2.27. The molecule has 1 aliphatic heterocycles. The smallest absolute Gasteiger partial charge is 0.410 e. The van der Waals surface area contributed by atoms with Gasteiger partial charge in [0.05, 0.1) is 5.75 Å². The molecule has 1 aromatic rings. The van der Waals surface area contributed by atoms with E-state index in [1.54, 1.807) is 51.1 Å². The van der Waals surface area contributed by atoms with Crippen LogP contribution in [0.5, 0.6) is 0 Å². The van der Waals surface area contributed by atoms with Crippen molar-refractivity contribution in [3.63, 3.8) is 0 Å². The summed E-state index contributed by atoms with van der Waals surface area (Å²) in [6, 6.07) is 8.59. The van der Waals surface area contributed by atoms with E-state index in [1.807, 2.05) is 0 Å². The SMILES string of the molecule is CC(C)(C)OC(=O)N1CCS(=O)(=O)C(C(=O)Nc2ccccc2)C1. The van der Waals surface area contributed by atoms with Gasteiger partial charge < -0.3 is 15.0 Å². The van der Waals surface area contributed by atoms with E-state index < -0.39 is 32.7 Å². The molecule has 1 fully saturated rings. The Hall–Kier alpha value is -2.09. The van der Waals surface area contributed by atoms with Crippen molar-refractivity contribution in [1.82, 2.24) is 4.90 Å². The molecule has 0 spiro atoms. The summed E-state index contributed by atoms with van der Waals surface area (Å²) in [5, 5.41) is 1.27. The van der Waals surface area contributed by atoms with Crippen molar-refractivity contribution in [2.45, 2.75) is 31.6 Å². The molecular formula is C16H22N2O5S. The van der Waals surface area contributed by atoms with E-state index in [-0.39, 0.29) is 18.8 Å². The second kappa shape index (κ2) is 6.80. The largest absolute Gasteiger partial charge is 0.444 e. The Bertz CT molecular complexity index is 710. The molecule has 7 nitrogen and oxygen atoms in total. The lowest BCUT2D eigenvalue weighted by Crippen LogP contribution is -2.54. The summed E-state index contributed by atoms with van der Waals surface area (Å²) in [5.74, 6) is -0.909. The van der Waals surface area contributed by atoms with Crippen LogP contribution in [0.2, 0.25) is 0 Å². The van der Waals surface area contributed by atoms with Crippen LogP contribution in [0.15, 0.2) is 30.3 Å². The van der Waals surface area contributed by atoms with Gasteiger partial charge in [-0.2, -0.15) is 0 Å². The highest BCUT2D eigenvalue weighted by Gasteiger charge is 2.40. The Morgan fingerprint density at radius 3 is 2.42 bits per heavy atom. The Morgan fingerprint density at radius 1 is 1.21 bits per heavy atom. The monoisotopic (exact) mass is 354 g/mol. The molecule has 0 bridgehead atoms. The highest BCUT2D eigenvalue weighted by atomic mass is 32.2. The normalized spacial score (nSPS) is 20.3. The molecule has 2 amide bonds. The molecule has 1 N–H and O–H groups in total. The molecule has 0 radical (unpaired) electrons. The third kappa shape index (κ3) is 4.70. The molecule has 1 aliphatic rings. The Morgan fingerprint density at radius 2 is 1.83 bits per heavy atom. The summed E-state index contributed by atoms with van der Waals surface area (Å²) in [4.78, 5) is 25.8. The minimum atomic E-state index is -3.61. The maximum Gasteiger partial charge on any atom is 0.410 e. The molecule has 0 saturated carbocycles. The van der Waals surface area contributed by atoms with Gasteiger partial charge in [-0.25, -0.2) is 13.2 Å². The first-order valence-electron chi connectivity index (χ1n) is 7.64. The fourth-order valence-corrected chi connectivity index (χ4v) is 3.82. The third-order valence-corrected chi connectivity index (χ3v) is 5.43. The van der Waals surface area contributed by atoms with Gasteiger partial charge in [-0.05, 0) is 32.9 Å². The highest BCUT2D eigenvalue weighted by molar-refractivity contribution is 7.92. The van der Waals surface area contributed by atoms with Gasteiger partial charge in [-0.1, -0.05) is 18.2 Å². The summed E-state index contributed by atoms with van der Waals surface area (Å²) in [6.07, 6.45) is -0.616. The van der Waals surface area contributed by atoms with Crippen LogP contribution in [0.3, 0.4) is 0 Å². The van der Waals surface area contributed by atoms with Crippen LogP contribution in [0.25, 0.3) is 0 Å². The van der Waals surface area contributed by atoms with E-state index in [1.165, 1.54) is 4.90 Å². The number of anilines is 1. The van der Waals surface area contributed by atoms with Crippen molar-refractivity contribution in [3.8, 4) is 0 Å². The minimum Gasteiger partial charge on any atom is -0.444 e. The van der Waals surface area contributed by atoms with E-state index in [4.69, 9.17) is 4.74 Å². The minimum absolute atomic E-state index is 0.0202. The average molecular weight is 354 g/mol. The molecule has 0 aromatic heterocycles. The van der Waals surface area contributed by atoms with Gasteiger partial charge in [0.2, 0.25) is 5.91 Å². The molecule has 1 unspecified atom stereocenters. The molecule has 1 heterocycles. The highest BCUT2D eigenvalue weighted by Crippen LogP contribution is 2.18. The van der Waals surface area contributed by atoms with Crippen molar-refractivity contribution in [3.05, 3.63) is 30.3 Å². The fraction of sp³-hybridized carbons (Fsp3) is 0.500. The molecule has 1 atom stereocenters. The number of nitrogens with zero attached hydrogens (tertiary/aromatic N) is 1. The molecule has 1 aromatic carbocycles. The summed E-state index contributed by atoms with van der Waals surface area (Å²) in [7, 11) is -3.61. The van der Waals surface area contributed by atoms with Crippen LogP contribution >= 0.6 is 0 Å². The number of carbonyl (C=O) groups excluding carboxylic acids is 2. The number of ether oxygens (including phenoxy) is 1. The van der Waals surface area contributed by atoms with Crippen molar-refractivity contribution in [2.75, 3.05) is 24.2 Å². The topological polar surface area (TPSA) is 92.8 Å². The first kappa shape index (κ1) is 18.3. The summed E-state index contributed by atoms with van der Waals surface area (Å²) >= 11 is 0. The summed E-state index contributed by atoms with van der Waals surface area (Å²) < 4.78 is 29.7. The number of hydrogen-bond donors (Lipinski definition) is 1. The van der Waals surface area contributed by atoms with Crippen LogP contribution < -0.4 is 5.32 Å². The van der Waals surface area contributed by atoms with Crippen molar-refractivity contribution >= 4 is 27.5 Å². The zero-order valence-corrected chi connectivity index (χ0v) is 14.8. The molecule has 8 heteroatoms. The van der Waals surface area contributed by atoms with Crippen LogP contribution in [0.1, 0.15) is 20.8 Å². The van der Waals surface area contributed by atoms with Gasteiger partial charge in [0.25, 0.3) is 0 Å². The first-order chi connectivity index (χ1) is 11.1. The van der Waals surface area contributed by atoms with E-state index in [0.717, 1.165) is 0 Å². The van der Waals surface area contributed by atoms with Crippen molar-refractivity contribution in [2.24, 2.45) is 0 Å². The van der Waals surface area contributed by atoms with E-state index in [9.17, 15) is 18.0 Å². The molecule has 2 rings (SSSR count). The number of rotatable bonds is 2. The van der Waals surface area contributed by atoms with Gasteiger partial charge in [0.1, 0.15) is 5.60 Å². The molecular weight excluding hydrogens is 332 g/mol. The Balaban J connectivity index is 2.11. The number of para-hydroxylation sites is 1. The Kier molecular flexibility index (Phi) is 5.17. The number of benzene rings is 1. The van der Waals surface area contributed by atoms with Gasteiger partial charge in [0, 0.05) is 18.8 Å². The summed E-state index contributed by atoms with van der Waals surface area (Å²) in [6.45, 7) is 4.99. The standard InChI is InChI=1S/C16H22N2O5S/c1-16(2,3)23-15(20)18-9-10-24(21,22)13(11-18)14(19)17-12-7-5-4-6-8-12/h4-8,13H,9-11H2,1-3H3,(H,17,19). The predicted molar refractivity (Wildman–Crippen MR) is 90.5 cm³/mol. The molecule has 24 heavy (non-hydrogen) atoms. The van der Waals surface area contributed by atoms with Crippen molar-refractivity contribution in [1.29, 1.82) is 0 Å². The quantitative estimate of drug-likeness (QED) is 0.872. The molecule has 1 saturated heterocycles. The number of sulfone groups is 1. The van der Waals surface area contributed by atoms with Crippen molar-refractivity contribution < 1.29 is 22.7 Å². The van der Waals surface area contributed by atoms with Crippen LogP contribution in [0, 0.1) is 0 Å². The number of nitrogens with one attached hydrogen (secondary N) is 1. The third-order valence-electron chi connectivity index (χ3n) is 3.45. The maximum atomic E-state index is 12.4. The van der Waals surface area contributed by atoms with Crippen LogP contribution in [0.4, 0.5) is 10.5 Å². The Labute approximate surface area is 141 Å². The molecule has 132 valence electrons. The lowest BCUT2D eigenvalue weighted by atomic mass is 10.2. The van der Waals surface area contributed by atoms with Crippen LogP contribution in [-0.4, -0.2) is 55.0 Å². The zero-order chi connectivity index (χ0) is 18.0. The number of amides is 2. The lowest BCUT2D eigenvalue weighted by Gasteiger charge is -2.33. The van der Waals surface area contributed by atoms with Gasteiger partial charge in [-0.15, -0.1) is 0 Å². The van der Waals surface area contributed by atoms with E-state index in [0.29, 0.717) is 5.69 Å². The van der Waals surface area contributed by atoms with Gasteiger partial charge >= 0.3 is 6.09 Å². The second-order valence-electron chi connectivity index (χ2n) is 6.64. The average Bonchev–Trinajstić information content (AvgIpc) is 2.45. The predicted octanol–water partition coefficient (Wildman–Crippen LogP) is 1.66. The first-order valence-corrected chi connectivity index (χ1v) is 9.35. The maximum absolute atomic E-state index is 12.4. The van der Waals surface area contributed by atoms with E-state index >= 15 is 0 Å². The van der Waals surface area contributed by atoms with E-state index in [2.05, 4.69) is 5.32 Å². The number of carbonyl (C=O) groups is 2. The summed E-state index contributed by atoms with van der Waals surface area (Å²) in [5.41, 5.74) is -0.179. The zero-order valence-electron chi connectivity index (χ0n) is 14.0. The lowest BCUT2D eigenvalue weighted by molar-refractivity contribution is -0.116. The second-order valence-corrected chi connectivity index (χ2v) is 8.94. The van der Waals surface area contributed by atoms with Gasteiger partial charge in [0.15, 0.2) is 15.1 Å². The van der Waals surface area contributed by atoms with Crippen LogP contribution in [-0.2, 0) is 19.4 Å².